The molecule has 0 radical (unpaired) electrons. The molecule has 34 heavy (non-hydrogen) atoms. The van der Waals surface area contributed by atoms with Crippen LogP contribution in [-0.4, -0.2) is 24.6 Å². The molecular formula is C28H27N3O3. The van der Waals surface area contributed by atoms with Crippen molar-refractivity contribution in [1.82, 2.24) is 10.7 Å². The summed E-state index contributed by atoms with van der Waals surface area (Å²) in [5, 5.41) is 6.64. The van der Waals surface area contributed by atoms with Gasteiger partial charge in [-0.15, -0.1) is 0 Å². The summed E-state index contributed by atoms with van der Waals surface area (Å²) in [5.74, 6) is -0.189. The number of amides is 2. The third kappa shape index (κ3) is 7.91. The molecule has 3 rings (SSSR count). The second-order valence-electron chi connectivity index (χ2n) is 7.28. The van der Waals surface area contributed by atoms with E-state index < -0.39 is 11.8 Å². The van der Waals surface area contributed by atoms with Gasteiger partial charge >= 0.3 is 0 Å². The molecule has 6 nitrogen and oxygen atoms in total. The highest BCUT2D eigenvalue weighted by atomic mass is 16.5. The van der Waals surface area contributed by atoms with E-state index in [1.165, 1.54) is 6.21 Å². The fourth-order valence-electron chi connectivity index (χ4n) is 2.91. The molecule has 0 aliphatic carbocycles. The van der Waals surface area contributed by atoms with E-state index in [4.69, 9.17) is 4.74 Å². The summed E-state index contributed by atoms with van der Waals surface area (Å²) in [7, 11) is 0. The van der Waals surface area contributed by atoms with Crippen LogP contribution >= 0.6 is 0 Å². The summed E-state index contributed by atoms with van der Waals surface area (Å²) in [4.78, 5) is 25.5. The molecular weight excluding hydrogens is 426 g/mol. The number of allylic oxidation sites excluding steroid dienone is 1. The van der Waals surface area contributed by atoms with E-state index in [9.17, 15) is 9.59 Å². The SMILES string of the molecule is CCCOc1ccc(/C=C(\NC(=O)c2ccccc2)C(=O)N/N=C\C=C\c2ccccc2)cc1. The zero-order valence-electron chi connectivity index (χ0n) is 19.0. The lowest BCUT2D eigenvalue weighted by Gasteiger charge is -2.09. The quantitative estimate of drug-likeness (QED) is 0.256. The lowest BCUT2D eigenvalue weighted by atomic mass is 10.1. The van der Waals surface area contributed by atoms with Crippen LogP contribution in [0.25, 0.3) is 12.2 Å². The van der Waals surface area contributed by atoms with E-state index in [1.54, 1.807) is 36.4 Å². The Balaban J connectivity index is 1.72. The second-order valence-corrected chi connectivity index (χ2v) is 7.28. The molecule has 0 saturated heterocycles. The standard InChI is InChI=1S/C28H27N3O3/c1-2-20-34-25-17-15-23(16-18-25)21-26(30-27(32)24-13-7-4-8-14-24)28(33)31-29-19-9-12-22-10-5-3-6-11-22/h3-19,21H,2,20H2,1H3,(H,30,32)(H,31,33)/b12-9+,26-21-,29-19-. The third-order valence-corrected chi connectivity index (χ3v) is 4.61. The van der Waals surface area contributed by atoms with Gasteiger partial charge < -0.3 is 10.1 Å². The Hall–Kier alpha value is -4.45. The van der Waals surface area contributed by atoms with Gasteiger partial charge in [-0.2, -0.15) is 5.10 Å². The van der Waals surface area contributed by atoms with Gasteiger partial charge in [0.2, 0.25) is 0 Å². The maximum absolute atomic E-state index is 12.8. The molecule has 2 amide bonds. The fourth-order valence-corrected chi connectivity index (χ4v) is 2.91. The largest absolute Gasteiger partial charge is 0.494 e. The monoisotopic (exact) mass is 453 g/mol. The van der Waals surface area contributed by atoms with Crippen LogP contribution in [0.5, 0.6) is 5.75 Å². The van der Waals surface area contributed by atoms with Crippen molar-refractivity contribution in [2.45, 2.75) is 13.3 Å². The van der Waals surface area contributed by atoms with Gasteiger partial charge in [0.15, 0.2) is 0 Å². The molecule has 0 heterocycles. The Morgan fingerprint density at radius 3 is 2.24 bits per heavy atom. The summed E-state index contributed by atoms with van der Waals surface area (Å²) >= 11 is 0. The predicted octanol–water partition coefficient (Wildman–Crippen LogP) is 5.06. The summed E-state index contributed by atoms with van der Waals surface area (Å²) in [6.07, 6.45) is 7.57. The van der Waals surface area contributed by atoms with Crippen molar-refractivity contribution < 1.29 is 14.3 Å². The van der Waals surface area contributed by atoms with Gasteiger partial charge in [-0.3, -0.25) is 9.59 Å². The fraction of sp³-hybridized carbons (Fsp3) is 0.107. The third-order valence-electron chi connectivity index (χ3n) is 4.61. The molecule has 0 unspecified atom stereocenters. The van der Waals surface area contributed by atoms with E-state index in [0.717, 1.165) is 23.3 Å². The van der Waals surface area contributed by atoms with Crippen LogP contribution in [0.3, 0.4) is 0 Å². The smallest absolute Gasteiger partial charge is 0.287 e. The summed E-state index contributed by atoms with van der Waals surface area (Å²) in [6.45, 7) is 2.67. The molecule has 2 N–H and O–H groups in total. The number of ether oxygens (including phenoxy) is 1. The average molecular weight is 454 g/mol. The molecule has 0 aromatic heterocycles. The second kappa shape index (κ2) is 13.2. The molecule has 0 bridgehead atoms. The van der Waals surface area contributed by atoms with Crippen molar-refractivity contribution in [3.63, 3.8) is 0 Å². The molecule has 0 fully saturated rings. The minimum Gasteiger partial charge on any atom is -0.494 e. The van der Waals surface area contributed by atoms with Crippen molar-refractivity contribution in [3.8, 4) is 5.75 Å². The number of hydrogen-bond acceptors (Lipinski definition) is 4. The number of carbonyl (C=O) groups is 2. The van der Waals surface area contributed by atoms with Gasteiger partial charge in [0, 0.05) is 11.8 Å². The van der Waals surface area contributed by atoms with Crippen LogP contribution in [0, 0.1) is 0 Å². The first-order valence-corrected chi connectivity index (χ1v) is 11.0. The summed E-state index contributed by atoms with van der Waals surface area (Å²) in [6, 6.07) is 25.7. The Kier molecular flexibility index (Phi) is 9.38. The molecule has 172 valence electrons. The highest BCUT2D eigenvalue weighted by molar-refractivity contribution is 6.05. The molecule has 3 aromatic carbocycles. The lowest BCUT2D eigenvalue weighted by molar-refractivity contribution is -0.117. The first-order valence-electron chi connectivity index (χ1n) is 11.0. The molecule has 6 heteroatoms. The van der Waals surface area contributed by atoms with Crippen molar-refractivity contribution in [2.75, 3.05) is 6.61 Å². The van der Waals surface area contributed by atoms with E-state index in [2.05, 4.69) is 15.8 Å². The summed E-state index contributed by atoms with van der Waals surface area (Å²) in [5.41, 5.74) is 4.72. The topological polar surface area (TPSA) is 79.8 Å². The minimum atomic E-state index is -0.542. The zero-order valence-corrected chi connectivity index (χ0v) is 19.0. The zero-order chi connectivity index (χ0) is 24.0. The van der Waals surface area contributed by atoms with Crippen molar-refractivity contribution in [1.29, 1.82) is 0 Å². The molecule has 0 atom stereocenters. The highest BCUT2D eigenvalue weighted by Gasteiger charge is 2.14. The Bertz CT molecular complexity index is 1150. The molecule has 0 spiro atoms. The number of nitrogens with zero attached hydrogens (tertiary/aromatic N) is 1. The minimum absolute atomic E-state index is 0.0697. The summed E-state index contributed by atoms with van der Waals surface area (Å²) < 4.78 is 5.60. The van der Waals surface area contributed by atoms with E-state index in [0.29, 0.717) is 12.2 Å². The first-order chi connectivity index (χ1) is 16.7. The average Bonchev–Trinajstić information content (AvgIpc) is 2.88. The van der Waals surface area contributed by atoms with Gasteiger partial charge in [0.1, 0.15) is 11.4 Å². The van der Waals surface area contributed by atoms with Crippen LogP contribution in [0.15, 0.2) is 102 Å². The number of hydrogen-bond donors (Lipinski definition) is 2. The molecule has 3 aromatic rings. The van der Waals surface area contributed by atoms with Gasteiger partial charge in [-0.05, 0) is 54.0 Å². The first kappa shape index (κ1) is 24.2. The van der Waals surface area contributed by atoms with Crippen LogP contribution in [0.4, 0.5) is 0 Å². The van der Waals surface area contributed by atoms with Gasteiger partial charge in [-0.1, -0.05) is 73.7 Å². The van der Waals surface area contributed by atoms with Crippen molar-refractivity contribution in [3.05, 3.63) is 113 Å². The van der Waals surface area contributed by atoms with E-state index >= 15 is 0 Å². The number of rotatable bonds is 10. The normalized spacial score (nSPS) is 11.5. The van der Waals surface area contributed by atoms with Crippen LogP contribution in [0.1, 0.15) is 34.8 Å². The maximum Gasteiger partial charge on any atom is 0.287 e. The Morgan fingerprint density at radius 2 is 1.56 bits per heavy atom. The molecule has 0 saturated carbocycles. The van der Waals surface area contributed by atoms with Crippen LogP contribution in [0.2, 0.25) is 0 Å². The predicted molar refractivity (Wildman–Crippen MR) is 136 cm³/mol. The van der Waals surface area contributed by atoms with Gasteiger partial charge in [-0.25, -0.2) is 5.43 Å². The van der Waals surface area contributed by atoms with Crippen molar-refractivity contribution >= 4 is 30.2 Å². The number of benzene rings is 3. The number of hydrazone groups is 1. The Morgan fingerprint density at radius 1 is 0.882 bits per heavy atom. The lowest BCUT2D eigenvalue weighted by Crippen LogP contribution is -2.32. The molecule has 0 aliphatic rings. The van der Waals surface area contributed by atoms with Crippen LogP contribution in [-0.2, 0) is 4.79 Å². The van der Waals surface area contributed by atoms with E-state index in [-0.39, 0.29) is 5.70 Å². The van der Waals surface area contributed by atoms with E-state index in [1.807, 2.05) is 73.7 Å². The molecule has 0 aliphatic heterocycles. The van der Waals surface area contributed by atoms with Crippen LogP contribution < -0.4 is 15.5 Å². The highest BCUT2D eigenvalue weighted by Crippen LogP contribution is 2.15. The maximum atomic E-state index is 12.8. The van der Waals surface area contributed by atoms with Gasteiger partial charge in [0.05, 0.1) is 6.61 Å². The van der Waals surface area contributed by atoms with Gasteiger partial charge in [0.25, 0.3) is 11.8 Å². The Labute approximate surface area is 199 Å². The van der Waals surface area contributed by atoms with Crippen molar-refractivity contribution in [2.24, 2.45) is 5.10 Å². The number of carbonyl (C=O) groups excluding carboxylic acids is 2. The number of nitrogens with one attached hydrogen (secondary N) is 2.